The Morgan fingerprint density at radius 3 is 2.74 bits per heavy atom. The number of nitrogen functional groups attached to an aromatic ring is 1. The molecule has 8 heteroatoms. The number of hydrogen-bond donors (Lipinski definition) is 3. The van der Waals surface area contributed by atoms with Crippen molar-refractivity contribution in [1.82, 2.24) is 4.72 Å². The molecule has 0 saturated heterocycles. The van der Waals surface area contributed by atoms with E-state index in [9.17, 15) is 13.2 Å². The second kappa shape index (κ2) is 7.07. The second-order valence-corrected chi connectivity index (χ2v) is 5.72. The summed E-state index contributed by atoms with van der Waals surface area (Å²) in [6.45, 7) is -0.0615. The van der Waals surface area contributed by atoms with Crippen molar-refractivity contribution >= 4 is 21.6 Å². The first-order valence-electron chi connectivity index (χ1n) is 5.57. The number of carbonyl (C=O) groups excluding carboxylic acids is 1. The first-order valence-corrected chi connectivity index (χ1v) is 7.22. The predicted octanol–water partition coefficient (Wildman–Crippen LogP) is -0.810. The lowest BCUT2D eigenvalue weighted by atomic mass is 10.2. The van der Waals surface area contributed by atoms with Crippen LogP contribution in [0.15, 0.2) is 24.3 Å². The Morgan fingerprint density at radius 2 is 2.11 bits per heavy atom. The lowest BCUT2D eigenvalue weighted by molar-refractivity contribution is -0.122. The zero-order valence-corrected chi connectivity index (χ0v) is 11.2. The van der Waals surface area contributed by atoms with Gasteiger partial charge in [-0.1, -0.05) is 12.1 Å². The highest BCUT2D eigenvalue weighted by molar-refractivity contribution is 7.88. The molecule has 0 radical (unpaired) electrons. The van der Waals surface area contributed by atoms with E-state index in [-0.39, 0.29) is 25.5 Å². The van der Waals surface area contributed by atoms with E-state index in [1.807, 2.05) is 0 Å². The summed E-state index contributed by atoms with van der Waals surface area (Å²) in [6, 6.07) is 6.65. The maximum Gasteiger partial charge on any atom is 0.243 e. The van der Waals surface area contributed by atoms with Gasteiger partial charge >= 0.3 is 0 Å². The Bertz CT molecular complexity index is 530. The van der Waals surface area contributed by atoms with Gasteiger partial charge in [-0.05, 0) is 17.7 Å². The van der Waals surface area contributed by atoms with Crippen LogP contribution in [0.2, 0.25) is 0 Å². The fourth-order valence-electron chi connectivity index (χ4n) is 1.40. The van der Waals surface area contributed by atoms with Crippen LogP contribution in [0.3, 0.4) is 0 Å². The van der Waals surface area contributed by atoms with Crippen molar-refractivity contribution in [1.29, 1.82) is 0 Å². The molecule has 5 N–H and O–H groups in total. The van der Waals surface area contributed by atoms with Gasteiger partial charge in [0.25, 0.3) is 0 Å². The minimum Gasteiger partial charge on any atom is -0.399 e. The maximum absolute atomic E-state index is 11.7. The third kappa shape index (κ3) is 6.75. The Balaban J connectivity index is 2.38. The van der Waals surface area contributed by atoms with Crippen LogP contribution in [-0.4, -0.2) is 34.1 Å². The highest BCUT2D eigenvalue weighted by Crippen LogP contribution is 2.09. The van der Waals surface area contributed by atoms with Crippen molar-refractivity contribution in [3.05, 3.63) is 29.8 Å². The van der Waals surface area contributed by atoms with Crippen LogP contribution in [0.1, 0.15) is 5.56 Å². The number of carbonyl (C=O) groups is 1. The van der Waals surface area contributed by atoms with Crippen molar-refractivity contribution < 1.29 is 17.9 Å². The van der Waals surface area contributed by atoms with Gasteiger partial charge in [0.05, 0.1) is 12.4 Å². The van der Waals surface area contributed by atoms with E-state index < -0.39 is 15.9 Å². The first kappa shape index (κ1) is 15.4. The molecule has 0 atom stereocenters. The number of benzene rings is 1. The number of sulfonamides is 1. The number of nitrogens with one attached hydrogen (secondary N) is 1. The molecule has 0 heterocycles. The van der Waals surface area contributed by atoms with Gasteiger partial charge in [0.1, 0.15) is 6.61 Å². The normalized spacial score (nSPS) is 11.4. The number of primary amides is 1. The SMILES string of the molecule is NC(=O)COCCNS(=O)(=O)Cc1cccc(N)c1. The Kier molecular flexibility index (Phi) is 5.74. The Labute approximate surface area is 112 Å². The number of anilines is 1. The third-order valence-electron chi connectivity index (χ3n) is 2.12. The molecule has 0 saturated carbocycles. The molecule has 1 amide bonds. The predicted molar refractivity (Wildman–Crippen MR) is 71.5 cm³/mol. The van der Waals surface area contributed by atoms with Crippen LogP contribution < -0.4 is 16.2 Å². The highest BCUT2D eigenvalue weighted by atomic mass is 32.2. The third-order valence-corrected chi connectivity index (χ3v) is 3.48. The standard InChI is InChI=1S/C11H17N3O4S/c12-10-3-1-2-9(6-10)8-19(16,17)14-4-5-18-7-11(13)15/h1-3,6,14H,4-5,7-8,12H2,(H2,13,15). The molecular weight excluding hydrogens is 270 g/mol. The Hall–Kier alpha value is -1.64. The molecule has 1 aromatic rings. The van der Waals surface area contributed by atoms with Crippen LogP contribution >= 0.6 is 0 Å². The van der Waals surface area contributed by atoms with Gasteiger partial charge in [0, 0.05) is 12.2 Å². The molecule has 7 nitrogen and oxygen atoms in total. The van der Waals surface area contributed by atoms with Gasteiger partial charge in [0.2, 0.25) is 15.9 Å². The van der Waals surface area contributed by atoms with Crippen LogP contribution in [0.5, 0.6) is 0 Å². The van der Waals surface area contributed by atoms with Crippen LogP contribution in [0.25, 0.3) is 0 Å². The molecule has 0 aliphatic carbocycles. The van der Waals surface area contributed by atoms with Gasteiger partial charge < -0.3 is 16.2 Å². The smallest absolute Gasteiger partial charge is 0.243 e. The summed E-state index contributed by atoms with van der Waals surface area (Å²) >= 11 is 0. The molecule has 0 spiro atoms. The van der Waals surface area contributed by atoms with Crippen molar-refractivity contribution in [3.8, 4) is 0 Å². The summed E-state index contributed by atoms with van der Waals surface area (Å²) in [6.07, 6.45) is 0. The summed E-state index contributed by atoms with van der Waals surface area (Å²) in [7, 11) is -3.45. The van der Waals surface area contributed by atoms with E-state index >= 15 is 0 Å². The van der Waals surface area contributed by atoms with Crippen molar-refractivity contribution in [2.24, 2.45) is 5.73 Å². The van der Waals surface area contributed by atoms with Crippen LogP contribution in [0, 0.1) is 0 Å². The number of hydrogen-bond acceptors (Lipinski definition) is 5. The molecule has 1 rings (SSSR count). The second-order valence-electron chi connectivity index (χ2n) is 3.92. The number of ether oxygens (including phenoxy) is 1. The monoisotopic (exact) mass is 287 g/mol. The molecule has 0 aromatic heterocycles. The summed E-state index contributed by atoms with van der Waals surface area (Å²) in [5.41, 5.74) is 11.5. The van der Waals surface area contributed by atoms with E-state index in [0.29, 0.717) is 11.3 Å². The minimum atomic E-state index is -3.45. The van der Waals surface area contributed by atoms with Gasteiger partial charge in [0.15, 0.2) is 0 Å². The molecule has 19 heavy (non-hydrogen) atoms. The molecule has 0 aliphatic heterocycles. The molecule has 1 aromatic carbocycles. The average Bonchev–Trinajstić information content (AvgIpc) is 2.27. The van der Waals surface area contributed by atoms with E-state index in [0.717, 1.165) is 0 Å². The van der Waals surface area contributed by atoms with E-state index in [4.69, 9.17) is 16.2 Å². The van der Waals surface area contributed by atoms with E-state index in [2.05, 4.69) is 4.72 Å². The van der Waals surface area contributed by atoms with Crippen molar-refractivity contribution in [2.45, 2.75) is 5.75 Å². The minimum absolute atomic E-state index is 0.0813. The lowest BCUT2D eigenvalue weighted by Gasteiger charge is -2.07. The molecular formula is C11H17N3O4S. The van der Waals surface area contributed by atoms with Gasteiger partial charge in [-0.2, -0.15) is 0 Å². The fraction of sp³-hybridized carbons (Fsp3) is 0.364. The molecule has 106 valence electrons. The van der Waals surface area contributed by atoms with Crippen molar-refractivity contribution in [2.75, 3.05) is 25.5 Å². The number of amides is 1. The van der Waals surface area contributed by atoms with Gasteiger partial charge in [-0.25, -0.2) is 13.1 Å². The number of rotatable bonds is 8. The molecule has 0 unspecified atom stereocenters. The average molecular weight is 287 g/mol. The largest absolute Gasteiger partial charge is 0.399 e. The number of nitrogens with two attached hydrogens (primary N) is 2. The zero-order chi connectivity index (χ0) is 14.3. The van der Waals surface area contributed by atoms with Crippen LogP contribution in [0.4, 0.5) is 5.69 Å². The highest BCUT2D eigenvalue weighted by Gasteiger charge is 2.10. The van der Waals surface area contributed by atoms with Crippen molar-refractivity contribution in [3.63, 3.8) is 0 Å². The molecule has 0 fully saturated rings. The molecule has 0 bridgehead atoms. The summed E-state index contributed by atoms with van der Waals surface area (Å²) in [5, 5.41) is 0. The van der Waals surface area contributed by atoms with Gasteiger partial charge in [-0.3, -0.25) is 4.79 Å². The van der Waals surface area contributed by atoms with Crippen LogP contribution in [-0.2, 0) is 25.3 Å². The summed E-state index contributed by atoms with van der Waals surface area (Å²) in [5.74, 6) is -0.754. The first-order chi connectivity index (χ1) is 8.89. The maximum atomic E-state index is 11.7. The quantitative estimate of drug-likeness (QED) is 0.426. The fourth-order valence-corrected chi connectivity index (χ4v) is 2.51. The van der Waals surface area contributed by atoms with E-state index in [1.54, 1.807) is 24.3 Å². The van der Waals surface area contributed by atoms with E-state index in [1.165, 1.54) is 0 Å². The van der Waals surface area contributed by atoms with Gasteiger partial charge in [-0.15, -0.1) is 0 Å². The Morgan fingerprint density at radius 1 is 1.37 bits per heavy atom. The topological polar surface area (TPSA) is 125 Å². The summed E-state index contributed by atoms with van der Waals surface area (Å²) in [4.78, 5) is 10.4. The zero-order valence-electron chi connectivity index (χ0n) is 10.3. The summed E-state index contributed by atoms with van der Waals surface area (Å²) < 4.78 is 30.6. The lowest BCUT2D eigenvalue weighted by Crippen LogP contribution is -2.29. The molecule has 0 aliphatic rings.